The van der Waals surface area contributed by atoms with Crippen LogP contribution in [0.15, 0.2) is 24.3 Å². The lowest BCUT2D eigenvalue weighted by Gasteiger charge is -2.27. The highest BCUT2D eigenvalue weighted by molar-refractivity contribution is 6.30. The summed E-state index contributed by atoms with van der Waals surface area (Å²) in [6, 6.07) is 8.32. The lowest BCUT2D eigenvalue weighted by molar-refractivity contribution is 0.149. The Morgan fingerprint density at radius 3 is 2.72 bits per heavy atom. The molecule has 0 radical (unpaired) electrons. The van der Waals surface area contributed by atoms with Crippen molar-refractivity contribution in [1.29, 1.82) is 0 Å². The van der Waals surface area contributed by atoms with Crippen molar-refractivity contribution < 1.29 is 4.74 Å². The van der Waals surface area contributed by atoms with E-state index in [1.807, 2.05) is 18.2 Å². The molecule has 1 rings (SSSR count). The fraction of sp³-hybridized carbons (Fsp3) is 0.600. The molecule has 0 spiro atoms. The highest BCUT2D eigenvalue weighted by Gasteiger charge is 2.18. The van der Waals surface area contributed by atoms with Gasteiger partial charge in [0.1, 0.15) is 0 Å². The van der Waals surface area contributed by atoms with Crippen molar-refractivity contribution in [3.63, 3.8) is 0 Å². The molecule has 1 N–H and O–H groups in total. The molecule has 0 aliphatic heterocycles. The molecule has 0 aromatic heterocycles. The number of nitrogens with one attached hydrogen (secondary N) is 1. The number of hydrogen-bond acceptors (Lipinski definition) is 2. The zero-order chi connectivity index (χ0) is 13.6. The van der Waals surface area contributed by atoms with Gasteiger partial charge in [0.15, 0.2) is 0 Å². The third-order valence-electron chi connectivity index (χ3n) is 3.22. The number of hydrogen-bond donors (Lipinski definition) is 1. The first-order valence-corrected chi connectivity index (χ1v) is 6.80. The zero-order valence-electron chi connectivity index (χ0n) is 11.8. The Hall–Kier alpha value is -0.570. The van der Waals surface area contributed by atoms with E-state index in [1.165, 1.54) is 5.56 Å². The van der Waals surface area contributed by atoms with Crippen LogP contribution >= 0.6 is 11.6 Å². The second-order valence-electron chi connectivity index (χ2n) is 5.56. The van der Waals surface area contributed by atoms with Gasteiger partial charge in [0.2, 0.25) is 0 Å². The van der Waals surface area contributed by atoms with Crippen LogP contribution in [0.5, 0.6) is 0 Å². The Morgan fingerprint density at radius 1 is 1.39 bits per heavy atom. The van der Waals surface area contributed by atoms with Gasteiger partial charge in [-0.25, -0.2) is 0 Å². The molecule has 2 nitrogen and oxygen atoms in total. The van der Waals surface area contributed by atoms with Crippen LogP contribution in [0, 0.1) is 5.41 Å². The summed E-state index contributed by atoms with van der Waals surface area (Å²) in [5.74, 6) is 0. The first-order chi connectivity index (χ1) is 8.44. The average molecular weight is 270 g/mol. The van der Waals surface area contributed by atoms with E-state index in [0.29, 0.717) is 6.04 Å². The van der Waals surface area contributed by atoms with Crippen LogP contribution in [0.25, 0.3) is 0 Å². The minimum atomic E-state index is 0.239. The summed E-state index contributed by atoms with van der Waals surface area (Å²) in [6.07, 6.45) is 1.05. The summed E-state index contributed by atoms with van der Waals surface area (Å²) in [4.78, 5) is 0. The molecule has 3 heteroatoms. The quantitative estimate of drug-likeness (QED) is 0.806. The van der Waals surface area contributed by atoms with Gasteiger partial charge in [-0.3, -0.25) is 0 Å². The second kappa shape index (κ2) is 7.13. The molecule has 0 fully saturated rings. The fourth-order valence-corrected chi connectivity index (χ4v) is 1.99. The van der Waals surface area contributed by atoms with E-state index in [1.54, 1.807) is 7.11 Å². The molecular formula is C15H24ClNO. The van der Waals surface area contributed by atoms with Crippen molar-refractivity contribution >= 4 is 11.6 Å². The van der Waals surface area contributed by atoms with Crippen LogP contribution in [-0.4, -0.2) is 20.3 Å². The summed E-state index contributed by atoms with van der Waals surface area (Å²) in [5, 5.41) is 4.35. The molecule has 0 aliphatic carbocycles. The lowest BCUT2D eigenvalue weighted by atomic mass is 9.89. The summed E-state index contributed by atoms with van der Waals surface area (Å²) in [6.45, 7) is 8.44. The monoisotopic (exact) mass is 269 g/mol. The van der Waals surface area contributed by atoms with Gasteiger partial charge in [0, 0.05) is 31.3 Å². The molecule has 0 saturated heterocycles. The summed E-state index contributed by atoms with van der Waals surface area (Å²) < 4.78 is 5.14. The van der Waals surface area contributed by atoms with Crippen molar-refractivity contribution in [3.05, 3.63) is 34.9 Å². The Morgan fingerprint density at radius 2 is 2.11 bits per heavy atom. The third kappa shape index (κ3) is 5.38. The molecule has 1 aromatic carbocycles. The molecule has 1 aromatic rings. The predicted molar refractivity (Wildman–Crippen MR) is 78.1 cm³/mol. The maximum absolute atomic E-state index is 6.00. The molecule has 0 heterocycles. The Bertz CT molecular complexity index is 365. The van der Waals surface area contributed by atoms with E-state index in [0.717, 1.165) is 24.6 Å². The molecule has 0 aliphatic rings. The topological polar surface area (TPSA) is 21.3 Å². The maximum atomic E-state index is 6.00. The van der Waals surface area contributed by atoms with Gasteiger partial charge in [-0.1, -0.05) is 37.6 Å². The molecule has 0 bridgehead atoms. The number of ether oxygens (including phenoxy) is 1. The van der Waals surface area contributed by atoms with Crippen LogP contribution < -0.4 is 5.32 Å². The van der Waals surface area contributed by atoms with Crippen molar-refractivity contribution in [1.82, 2.24) is 5.32 Å². The van der Waals surface area contributed by atoms with Crippen molar-refractivity contribution in [3.8, 4) is 0 Å². The summed E-state index contributed by atoms with van der Waals surface area (Å²) in [7, 11) is 1.75. The van der Waals surface area contributed by atoms with Gasteiger partial charge < -0.3 is 10.1 Å². The number of methoxy groups -OCH3 is 1. The minimum Gasteiger partial charge on any atom is -0.385 e. The highest BCUT2D eigenvalue weighted by atomic mass is 35.5. The van der Waals surface area contributed by atoms with Crippen LogP contribution in [0.2, 0.25) is 5.02 Å². The van der Waals surface area contributed by atoms with Crippen LogP contribution in [0.3, 0.4) is 0 Å². The van der Waals surface area contributed by atoms with Gasteiger partial charge in [-0.15, -0.1) is 0 Å². The van der Waals surface area contributed by atoms with E-state index in [4.69, 9.17) is 16.3 Å². The van der Waals surface area contributed by atoms with Gasteiger partial charge in [0.25, 0.3) is 0 Å². The van der Waals surface area contributed by atoms with Gasteiger partial charge in [-0.05, 0) is 36.5 Å². The van der Waals surface area contributed by atoms with E-state index >= 15 is 0 Å². The van der Waals surface area contributed by atoms with E-state index < -0.39 is 0 Å². The number of rotatable bonds is 7. The SMILES string of the molecule is COCCC(C)(C)CNC(C)c1cccc(Cl)c1. The van der Waals surface area contributed by atoms with Crippen LogP contribution in [0.4, 0.5) is 0 Å². The van der Waals surface area contributed by atoms with Crippen LogP contribution in [-0.2, 0) is 4.74 Å². The first kappa shape index (κ1) is 15.5. The van der Waals surface area contributed by atoms with Crippen molar-refractivity contribution in [2.45, 2.75) is 33.2 Å². The Kier molecular flexibility index (Phi) is 6.13. The third-order valence-corrected chi connectivity index (χ3v) is 3.45. The lowest BCUT2D eigenvalue weighted by Crippen LogP contribution is -2.32. The largest absolute Gasteiger partial charge is 0.385 e. The molecule has 18 heavy (non-hydrogen) atoms. The summed E-state index contributed by atoms with van der Waals surface area (Å²) in [5.41, 5.74) is 1.47. The van der Waals surface area contributed by atoms with E-state index in [2.05, 4.69) is 32.2 Å². The van der Waals surface area contributed by atoms with Gasteiger partial charge in [-0.2, -0.15) is 0 Å². The van der Waals surface area contributed by atoms with Crippen molar-refractivity contribution in [2.75, 3.05) is 20.3 Å². The standard InChI is InChI=1S/C15H24ClNO/c1-12(13-6-5-7-14(16)10-13)17-11-15(2,3)8-9-18-4/h5-7,10,12,17H,8-9,11H2,1-4H3. The van der Waals surface area contributed by atoms with E-state index in [9.17, 15) is 0 Å². The first-order valence-electron chi connectivity index (χ1n) is 6.42. The minimum absolute atomic E-state index is 0.239. The maximum Gasteiger partial charge on any atom is 0.0467 e. The number of halogens is 1. The second-order valence-corrected chi connectivity index (χ2v) is 6.00. The number of benzene rings is 1. The molecule has 0 amide bonds. The molecule has 0 saturated carbocycles. The highest BCUT2D eigenvalue weighted by Crippen LogP contribution is 2.22. The molecule has 102 valence electrons. The smallest absolute Gasteiger partial charge is 0.0467 e. The van der Waals surface area contributed by atoms with Gasteiger partial charge in [0.05, 0.1) is 0 Å². The van der Waals surface area contributed by atoms with Crippen LogP contribution in [0.1, 0.15) is 38.8 Å². The molecule has 1 atom stereocenters. The Balaban J connectivity index is 2.48. The fourth-order valence-electron chi connectivity index (χ4n) is 1.79. The average Bonchev–Trinajstić information content (AvgIpc) is 2.34. The van der Waals surface area contributed by atoms with E-state index in [-0.39, 0.29) is 5.41 Å². The van der Waals surface area contributed by atoms with Crippen molar-refractivity contribution in [2.24, 2.45) is 5.41 Å². The molecule has 1 unspecified atom stereocenters. The predicted octanol–water partition coefficient (Wildman–Crippen LogP) is 4.05. The Labute approximate surface area is 116 Å². The van der Waals surface area contributed by atoms with Gasteiger partial charge >= 0.3 is 0 Å². The zero-order valence-corrected chi connectivity index (χ0v) is 12.6. The molecular weight excluding hydrogens is 246 g/mol. The summed E-state index contributed by atoms with van der Waals surface area (Å²) >= 11 is 6.00. The normalized spacial score (nSPS) is 13.6.